The SMILES string of the molecule is CCOC(=O)[C@H](C)N1C(=O)S/C(=C/c2cccc(Oc3ccccc3)c2)C1=O. The number of esters is 1. The molecule has 2 amide bonds. The van der Waals surface area contributed by atoms with Gasteiger partial charge in [0, 0.05) is 0 Å². The van der Waals surface area contributed by atoms with Crippen molar-refractivity contribution in [1.29, 1.82) is 0 Å². The van der Waals surface area contributed by atoms with Gasteiger partial charge in [-0.3, -0.25) is 14.5 Å². The summed E-state index contributed by atoms with van der Waals surface area (Å²) in [5.74, 6) is 0.191. The molecular formula is C21H19NO5S. The van der Waals surface area contributed by atoms with E-state index in [9.17, 15) is 14.4 Å². The summed E-state index contributed by atoms with van der Waals surface area (Å²) in [5.41, 5.74) is 0.711. The fourth-order valence-corrected chi connectivity index (χ4v) is 3.53. The molecule has 28 heavy (non-hydrogen) atoms. The van der Waals surface area contributed by atoms with Gasteiger partial charge in [0.15, 0.2) is 0 Å². The van der Waals surface area contributed by atoms with Crippen LogP contribution in [-0.4, -0.2) is 34.7 Å². The maximum atomic E-state index is 12.6. The van der Waals surface area contributed by atoms with Crippen LogP contribution in [-0.2, 0) is 14.3 Å². The lowest BCUT2D eigenvalue weighted by molar-refractivity contribution is -0.150. The largest absolute Gasteiger partial charge is 0.464 e. The third-order valence-electron chi connectivity index (χ3n) is 3.97. The first-order valence-corrected chi connectivity index (χ1v) is 9.58. The molecule has 1 heterocycles. The van der Waals surface area contributed by atoms with Crippen molar-refractivity contribution < 1.29 is 23.9 Å². The number of hydrogen-bond acceptors (Lipinski definition) is 6. The fraction of sp³-hybridized carbons (Fsp3) is 0.190. The normalized spacial score (nSPS) is 16.4. The highest BCUT2D eigenvalue weighted by Gasteiger charge is 2.41. The standard InChI is InChI=1S/C21H19NO5S/c1-3-26-20(24)14(2)22-19(23)18(28-21(22)25)13-15-8-7-11-17(12-15)27-16-9-5-4-6-10-16/h4-14H,3H2,1-2H3/b18-13+/t14-/m0/s1. The number of carbonyl (C=O) groups excluding carboxylic acids is 3. The van der Waals surface area contributed by atoms with E-state index in [-0.39, 0.29) is 11.5 Å². The second kappa shape index (κ2) is 8.75. The smallest absolute Gasteiger partial charge is 0.329 e. The molecule has 1 aliphatic rings. The summed E-state index contributed by atoms with van der Waals surface area (Å²) in [7, 11) is 0. The molecule has 0 saturated carbocycles. The zero-order valence-electron chi connectivity index (χ0n) is 15.5. The molecule has 144 valence electrons. The quantitative estimate of drug-likeness (QED) is 0.529. The molecule has 1 fully saturated rings. The summed E-state index contributed by atoms with van der Waals surface area (Å²) in [4.78, 5) is 37.9. The van der Waals surface area contributed by atoms with Crippen LogP contribution >= 0.6 is 11.8 Å². The molecule has 7 heteroatoms. The van der Waals surface area contributed by atoms with Crippen molar-refractivity contribution in [2.75, 3.05) is 6.61 Å². The zero-order valence-corrected chi connectivity index (χ0v) is 16.3. The Hall–Kier alpha value is -3.06. The molecule has 0 bridgehead atoms. The van der Waals surface area contributed by atoms with Gasteiger partial charge in [0.2, 0.25) is 0 Å². The van der Waals surface area contributed by atoms with E-state index in [1.165, 1.54) is 6.92 Å². The molecule has 1 saturated heterocycles. The Labute approximate surface area is 167 Å². The number of carbonyl (C=O) groups is 3. The van der Waals surface area contributed by atoms with Crippen LogP contribution in [0.15, 0.2) is 59.5 Å². The average molecular weight is 397 g/mol. The van der Waals surface area contributed by atoms with E-state index in [2.05, 4.69) is 0 Å². The molecule has 2 aromatic carbocycles. The van der Waals surface area contributed by atoms with Crippen LogP contribution in [0.2, 0.25) is 0 Å². The van der Waals surface area contributed by atoms with Gasteiger partial charge >= 0.3 is 5.97 Å². The van der Waals surface area contributed by atoms with Gasteiger partial charge in [0.05, 0.1) is 11.5 Å². The number of ether oxygens (including phenoxy) is 2. The van der Waals surface area contributed by atoms with Crippen molar-refractivity contribution in [3.63, 3.8) is 0 Å². The average Bonchev–Trinajstić information content (AvgIpc) is 2.95. The minimum atomic E-state index is -0.967. The van der Waals surface area contributed by atoms with Crippen molar-refractivity contribution in [3.8, 4) is 11.5 Å². The summed E-state index contributed by atoms with van der Waals surface area (Å²) in [6.45, 7) is 3.33. The second-order valence-electron chi connectivity index (χ2n) is 5.97. The number of hydrogen-bond donors (Lipinski definition) is 0. The Morgan fingerprint density at radius 1 is 1.11 bits per heavy atom. The second-order valence-corrected chi connectivity index (χ2v) is 6.96. The van der Waals surface area contributed by atoms with Crippen LogP contribution in [0.4, 0.5) is 4.79 Å². The van der Waals surface area contributed by atoms with Gasteiger partial charge in [0.1, 0.15) is 17.5 Å². The van der Waals surface area contributed by atoms with Crippen molar-refractivity contribution in [1.82, 2.24) is 4.90 Å². The van der Waals surface area contributed by atoms with Crippen molar-refractivity contribution >= 4 is 35.0 Å². The maximum Gasteiger partial charge on any atom is 0.329 e. The lowest BCUT2D eigenvalue weighted by Crippen LogP contribution is -2.42. The lowest BCUT2D eigenvalue weighted by Gasteiger charge is -2.19. The number of imide groups is 1. The predicted octanol–water partition coefficient (Wildman–Crippen LogP) is 4.47. The summed E-state index contributed by atoms with van der Waals surface area (Å²) < 4.78 is 10.7. The minimum Gasteiger partial charge on any atom is -0.464 e. The molecule has 1 aliphatic heterocycles. The molecule has 0 unspecified atom stereocenters. The fourth-order valence-electron chi connectivity index (χ4n) is 2.63. The van der Waals surface area contributed by atoms with Gasteiger partial charge < -0.3 is 9.47 Å². The van der Waals surface area contributed by atoms with E-state index < -0.39 is 23.2 Å². The molecule has 2 aromatic rings. The Kier molecular flexibility index (Phi) is 6.16. The van der Waals surface area contributed by atoms with Crippen LogP contribution in [0, 0.1) is 0 Å². The summed E-state index contributed by atoms with van der Waals surface area (Å²) in [6, 6.07) is 15.6. The molecule has 0 radical (unpaired) electrons. The predicted molar refractivity (Wildman–Crippen MR) is 107 cm³/mol. The van der Waals surface area contributed by atoms with E-state index in [0.717, 1.165) is 16.7 Å². The molecule has 6 nitrogen and oxygen atoms in total. The summed E-state index contributed by atoms with van der Waals surface area (Å²) in [6.07, 6.45) is 1.61. The first kappa shape index (κ1) is 19.7. The highest BCUT2D eigenvalue weighted by Crippen LogP contribution is 2.34. The van der Waals surface area contributed by atoms with E-state index in [1.807, 2.05) is 30.3 Å². The topological polar surface area (TPSA) is 72.9 Å². The highest BCUT2D eigenvalue weighted by atomic mass is 32.2. The van der Waals surface area contributed by atoms with Crippen LogP contribution in [0.1, 0.15) is 19.4 Å². The Morgan fingerprint density at radius 2 is 1.82 bits per heavy atom. The molecule has 0 aliphatic carbocycles. The zero-order chi connectivity index (χ0) is 20.1. The number of rotatable bonds is 6. The first-order chi connectivity index (χ1) is 13.5. The summed E-state index contributed by atoms with van der Waals surface area (Å²) in [5, 5.41) is -0.492. The van der Waals surface area contributed by atoms with Crippen molar-refractivity contribution in [2.24, 2.45) is 0 Å². The molecule has 1 atom stereocenters. The number of amides is 2. The Morgan fingerprint density at radius 3 is 2.54 bits per heavy atom. The molecule has 0 N–H and O–H groups in total. The van der Waals surface area contributed by atoms with Gasteiger partial charge in [-0.05, 0) is 61.5 Å². The minimum absolute atomic E-state index is 0.184. The number of nitrogens with zero attached hydrogens (tertiary/aromatic N) is 1. The van der Waals surface area contributed by atoms with Crippen LogP contribution in [0.5, 0.6) is 11.5 Å². The van der Waals surface area contributed by atoms with Crippen molar-refractivity contribution in [3.05, 3.63) is 65.1 Å². The monoisotopic (exact) mass is 397 g/mol. The third kappa shape index (κ3) is 4.43. The molecule has 0 aromatic heterocycles. The number of thioether (sulfide) groups is 1. The Balaban J connectivity index is 1.78. The van der Waals surface area contributed by atoms with Gasteiger partial charge in [-0.15, -0.1) is 0 Å². The Bertz CT molecular complexity index is 925. The maximum absolute atomic E-state index is 12.6. The van der Waals surface area contributed by atoms with Gasteiger partial charge in [-0.25, -0.2) is 4.79 Å². The van der Waals surface area contributed by atoms with Crippen LogP contribution in [0.3, 0.4) is 0 Å². The van der Waals surface area contributed by atoms with Crippen molar-refractivity contribution in [2.45, 2.75) is 19.9 Å². The highest BCUT2D eigenvalue weighted by molar-refractivity contribution is 8.18. The molecular weight excluding hydrogens is 378 g/mol. The number of benzene rings is 2. The lowest BCUT2D eigenvalue weighted by atomic mass is 10.2. The van der Waals surface area contributed by atoms with Crippen LogP contribution in [0.25, 0.3) is 6.08 Å². The van der Waals surface area contributed by atoms with Gasteiger partial charge in [0.25, 0.3) is 11.1 Å². The molecule has 0 spiro atoms. The van der Waals surface area contributed by atoms with E-state index in [4.69, 9.17) is 9.47 Å². The summed E-state index contributed by atoms with van der Waals surface area (Å²) >= 11 is 0.800. The third-order valence-corrected chi connectivity index (χ3v) is 4.86. The van der Waals surface area contributed by atoms with Gasteiger partial charge in [-0.2, -0.15) is 0 Å². The van der Waals surface area contributed by atoms with E-state index >= 15 is 0 Å². The van der Waals surface area contributed by atoms with Gasteiger partial charge in [-0.1, -0.05) is 30.3 Å². The van der Waals surface area contributed by atoms with Crippen LogP contribution < -0.4 is 4.74 Å². The van der Waals surface area contributed by atoms with E-state index in [0.29, 0.717) is 17.1 Å². The van der Waals surface area contributed by atoms with E-state index in [1.54, 1.807) is 37.3 Å². The first-order valence-electron chi connectivity index (χ1n) is 8.76. The molecule has 3 rings (SSSR count). The number of para-hydroxylation sites is 1.